The van der Waals surface area contributed by atoms with Crippen molar-refractivity contribution < 1.29 is 4.79 Å². The van der Waals surface area contributed by atoms with Crippen molar-refractivity contribution in [3.05, 3.63) is 71.8 Å². The van der Waals surface area contributed by atoms with E-state index in [1.54, 1.807) is 6.92 Å². The largest absolute Gasteiger partial charge is 0.363 e. The van der Waals surface area contributed by atoms with Crippen molar-refractivity contribution in [2.45, 2.75) is 70.6 Å². The molecule has 32 heavy (non-hydrogen) atoms. The number of ketones is 1. The minimum atomic E-state index is 0.318. The smallest absolute Gasteiger partial charge is 0.129 e. The average Bonchev–Trinajstić information content (AvgIpc) is 2.82. The number of unbranched alkanes of at least 4 members (excludes halogenated alkanes) is 5. The van der Waals surface area contributed by atoms with Crippen LogP contribution in [-0.2, 0) is 4.79 Å². The van der Waals surface area contributed by atoms with E-state index in [-0.39, 0.29) is 0 Å². The van der Waals surface area contributed by atoms with Crippen molar-refractivity contribution in [2.75, 3.05) is 19.6 Å². The second-order valence-corrected chi connectivity index (χ2v) is 9.29. The van der Waals surface area contributed by atoms with Gasteiger partial charge in [-0.15, -0.1) is 0 Å². The maximum Gasteiger partial charge on any atom is 0.129 e. The number of hydrogen-bond acceptors (Lipinski definition) is 2. The molecule has 0 spiro atoms. The maximum absolute atomic E-state index is 11.0. The molecule has 172 valence electrons. The van der Waals surface area contributed by atoms with E-state index >= 15 is 0 Å². The molecule has 1 aliphatic rings. The summed E-state index contributed by atoms with van der Waals surface area (Å²) in [4.78, 5) is 18.2. The highest BCUT2D eigenvalue weighted by Crippen LogP contribution is 2.36. The van der Waals surface area contributed by atoms with Gasteiger partial charge in [-0.2, -0.15) is 0 Å². The van der Waals surface area contributed by atoms with E-state index in [1.807, 2.05) is 0 Å². The molecule has 1 unspecified atom stereocenters. The number of Topliss-reactive ketones (excluding diaryl/α,β-unsaturated/α-hetero) is 1. The number of carbonyl (C=O) groups is 1. The second-order valence-electron chi connectivity index (χ2n) is 9.29. The van der Waals surface area contributed by atoms with Crippen LogP contribution in [0.25, 0.3) is 0 Å². The molecule has 1 atom stereocenters. The monoisotopic (exact) mass is 432 g/mol. The van der Waals surface area contributed by atoms with Crippen LogP contribution in [0, 0.1) is 5.92 Å². The van der Waals surface area contributed by atoms with Crippen molar-refractivity contribution in [3.63, 3.8) is 0 Å². The molecule has 2 aromatic rings. The van der Waals surface area contributed by atoms with Gasteiger partial charge in [0.15, 0.2) is 0 Å². The number of carbonyl (C=O) groups excluding carboxylic acids is 1. The van der Waals surface area contributed by atoms with Gasteiger partial charge in [-0.1, -0.05) is 86.3 Å². The van der Waals surface area contributed by atoms with Gasteiger partial charge in [-0.3, -0.25) is 4.99 Å². The average molecular weight is 433 g/mol. The molecule has 2 aromatic carbocycles. The fraction of sp³-hybridized carbons (Fsp3) is 0.517. The van der Waals surface area contributed by atoms with E-state index in [0.717, 1.165) is 38.9 Å². The minimum absolute atomic E-state index is 0.318. The first-order valence-electron chi connectivity index (χ1n) is 12.6. The molecule has 3 nitrogen and oxygen atoms in total. The molecule has 1 heterocycles. The molecule has 0 aromatic heterocycles. The lowest BCUT2D eigenvalue weighted by molar-refractivity contribution is -0.117. The molecule has 1 fully saturated rings. The normalized spacial score (nSPS) is 16.7. The maximum atomic E-state index is 11.0. The summed E-state index contributed by atoms with van der Waals surface area (Å²) in [7, 11) is 0. The van der Waals surface area contributed by atoms with Crippen molar-refractivity contribution in [3.8, 4) is 0 Å². The highest BCUT2D eigenvalue weighted by atomic mass is 16.1. The van der Waals surface area contributed by atoms with Crippen LogP contribution < -0.4 is 0 Å². The molecule has 3 rings (SSSR count). The number of hydrogen-bond donors (Lipinski definition) is 0. The lowest BCUT2D eigenvalue weighted by Crippen LogP contribution is -2.37. The van der Waals surface area contributed by atoms with Gasteiger partial charge in [0, 0.05) is 32.0 Å². The third-order valence-corrected chi connectivity index (χ3v) is 6.59. The zero-order chi connectivity index (χ0) is 22.4. The molecule has 0 saturated carbocycles. The SMILES string of the molecule is CC(=O)CCCCCCCC/N=C/N1CCCC(C(c2ccccc2)c2ccccc2)C1. The Kier molecular flexibility index (Phi) is 10.5. The topological polar surface area (TPSA) is 32.7 Å². The fourth-order valence-corrected chi connectivity index (χ4v) is 4.93. The number of aliphatic imine (C=N–C) groups is 1. The molecule has 3 heteroatoms. The van der Waals surface area contributed by atoms with E-state index < -0.39 is 0 Å². The van der Waals surface area contributed by atoms with Crippen LogP contribution in [0.4, 0.5) is 0 Å². The van der Waals surface area contributed by atoms with Gasteiger partial charge in [-0.25, -0.2) is 0 Å². The number of piperidine rings is 1. The van der Waals surface area contributed by atoms with Crippen LogP contribution in [0.2, 0.25) is 0 Å². The van der Waals surface area contributed by atoms with E-state index in [0.29, 0.717) is 17.6 Å². The summed E-state index contributed by atoms with van der Waals surface area (Å²) in [6.07, 6.45) is 12.5. The number of nitrogens with zero attached hydrogens (tertiary/aromatic N) is 2. The molecule has 0 aliphatic carbocycles. The molecular formula is C29H40N2O. The highest BCUT2D eigenvalue weighted by molar-refractivity contribution is 5.75. The Morgan fingerprint density at radius 3 is 2.16 bits per heavy atom. The third-order valence-electron chi connectivity index (χ3n) is 6.59. The quantitative estimate of drug-likeness (QED) is 0.196. The molecule has 0 bridgehead atoms. The molecular weight excluding hydrogens is 392 g/mol. The Morgan fingerprint density at radius 2 is 1.53 bits per heavy atom. The lowest BCUT2D eigenvalue weighted by atomic mass is 9.77. The fourth-order valence-electron chi connectivity index (χ4n) is 4.93. The third kappa shape index (κ3) is 8.26. The van der Waals surface area contributed by atoms with Crippen LogP contribution in [0.3, 0.4) is 0 Å². The Balaban J connectivity index is 1.45. The Bertz CT molecular complexity index is 763. The van der Waals surface area contributed by atoms with Gasteiger partial charge in [0.2, 0.25) is 0 Å². The van der Waals surface area contributed by atoms with Gasteiger partial charge in [0.25, 0.3) is 0 Å². The van der Waals surface area contributed by atoms with Crippen LogP contribution in [0.1, 0.15) is 81.8 Å². The van der Waals surface area contributed by atoms with E-state index in [9.17, 15) is 4.79 Å². The summed E-state index contributed by atoms with van der Waals surface area (Å²) in [6.45, 7) is 4.81. The van der Waals surface area contributed by atoms with Crippen LogP contribution >= 0.6 is 0 Å². The predicted octanol–water partition coefficient (Wildman–Crippen LogP) is 6.88. The van der Waals surface area contributed by atoms with Crippen LogP contribution in [0.5, 0.6) is 0 Å². The molecule has 0 N–H and O–H groups in total. The van der Waals surface area contributed by atoms with Gasteiger partial charge in [0.1, 0.15) is 5.78 Å². The van der Waals surface area contributed by atoms with E-state index in [4.69, 9.17) is 4.99 Å². The second kappa shape index (κ2) is 13.9. The summed E-state index contributed by atoms with van der Waals surface area (Å²) in [5, 5.41) is 0. The standard InChI is InChI=1S/C29H40N2O/c1-25(32)15-8-4-2-3-5-13-21-30-24-31-22-14-20-28(23-31)29(26-16-9-6-10-17-26)27-18-11-7-12-19-27/h6-7,9-12,16-19,24,28-29H,2-5,8,13-15,20-23H2,1H3/b30-24+. The molecule has 1 saturated heterocycles. The lowest BCUT2D eigenvalue weighted by Gasteiger charge is -2.36. The van der Waals surface area contributed by atoms with E-state index in [1.165, 1.54) is 49.7 Å². The van der Waals surface area contributed by atoms with Gasteiger partial charge >= 0.3 is 0 Å². The Morgan fingerprint density at radius 1 is 0.938 bits per heavy atom. The zero-order valence-corrected chi connectivity index (χ0v) is 19.8. The molecule has 1 aliphatic heterocycles. The van der Waals surface area contributed by atoms with Crippen LogP contribution in [0.15, 0.2) is 65.7 Å². The first-order chi connectivity index (χ1) is 15.7. The van der Waals surface area contributed by atoms with Crippen molar-refractivity contribution in [1.29, 1.82) is 0 Å². The number of rotatable bonds is 13. The number of benzene rings is 2. The summed E-state index contributed by atoms with van der Waals surface area (Å²) < 4.78 is 0. The van der Waals surface area contributed by atoms with Crippen molar-refractivity contribution >= 4 is 12.1 Å². The zero-order valence-electron chi connectivity index (χ0n) is 19.8. The van der Waals surface area contributed by atoms with Crippen molar-refractivity contribution in [1.82, 2.24) is 4.90 Å². The van der Waals surface area contributed by atoms with Gasteiger partial charge in [0.05, 0.1) is 6.34 Å². The summed E-state index contributed by atoms with van der Waals surface area (Å²) in [5.41, 5.74) is 2.84. The number of likely N-dealkylation sites (tertiary alicyclic amines) is 1. The molecule has 0 radical (unpaired) electrons. The Labute approximate surface area is 195 Å². The summed E-state index contributed by atoms with van der Waals surface area (Å²) in [6, 6.07) is 22.0. The Hall–Kier alpha value is -2.42. The first kappa shape index (κ1) is 24.2. The highest BCUT2D eigenvalue weighted by Gasteiger charge is 2.28. The predicted molar refractivity (Wildman–Crippen MR) is 135 cm³/mol. The molecule has 0 amide bonds. The van der Waals surface area contributed by atoms with Crippen LogP contribution in [-0.4, -0.2) is 36.7 Å². The van der Waals surface area contributed by atoms with Crippen molar-refractivity contribution in [2.24, 2.45) is 10.9 Å². The van der Waals surface area contributed by atoms with E-state index in [2.05, 4.69) is 71.9 Å². The summed E-state index contributed by atoms with van der Waals surface area (Å²) >= 11 is 0. The minimum Gasteiger partial charge on any atom is -0.363 e. The first-order valence-corrected chi connectivity index (χ1v) is 12.6. The summed E-state index contributed by atoms with van der Waals surface area (Å²) in [5.74, 6) is 1.37. The van der Waals surface area contributed by atoms with Gasteiger partial charge in [-0.05, 0) is 49.7 Å². The van der Waals surface area contributed by atoms with Gasteiger partial charge < -0.3 is 9.69 Å².